The van der Waals surface area contributed by atoms with Crippen LogP contribution in [0.5, 0.6) is 0 Å². The predicted octanol–water partition coefficient (Wildman–Crippen LogP) is 1.73. The summed E-state index contributed by atoms with van der Waals surface area (Å²) in [5.41, 5.74) is -0.808. The molecule has 2 heterocycles. The van der Waals surface area contributed by atoms with Crippen LogP contribution in [0.3, 0.4) is 0 Å². The monoisotopic (exact) mass is 424 g/mol. The average Bonchev–Trinajstić information content (AvgIpc) is 3.06. The van der Waals surface area contributed by atoms with E-state index in [2.05, 4.69) is 10.6 Å². The molecule has 164 valence electrons. The number of anilines is 2. The molecule has 0 spiro atoms. The molecule has 1 aromatic rings. The van der Waals surface area contributed by atoms with Crippen molar-refractivity contribution in [2.24, 2.45) is 0 Å². The average molecular weight is 424 g/mol. The third-order valence-corrected chi connectivity index (χ3v) is 5.35. The van der Waals surface area contributed by atoms with Gasteiger partial charge in [-0.1, -0.05) is 0 Å². The van der Waals surface area contributed by atoms with Crippen molar-refractivity contribution in [1.29, 1.82) is 0 Å². The van der Waals surface area contributed by atoms with Crippen LogP contribution >= 0.6 is 0 Å². The van der Waals surface area contributed by atoms with Gasteiger partial charge in [0.15, 0.2) is 0 Å². The third-order valence-electron chi connectivity index (χ3n) is 5.35. The van der Waals surface area contributed by atoms with E-state index >= 15 is 0 Å². The van der Waals surface area contributed by atoms with Crippen molar-refractivity contribution < 1.29 is 27.9 Å². The van der Waals surface area contributed by atoms with E-state index in [9.17, 15) is 23.2 Å². The highest BCUT2D eigenvalue weighted by molar-refractivity contribution is 5.90. The number of cyclic esters (lactones) is 1. The van der Waals surface area contributed by atoms with Gasteiger partial charge in [-0.2, -0.15) is 0 Å². The molecule has 2 N–H and O–H groups in total. The number of nitrogens with zero attached hydrogens (tertiary/aromatic N) is 2. The summed E-state index contributed by atoms with van der Waals surface area (Å²) in [4.78, 5) is 37.2. The lowest BCUT2D eigenvalue weighted by molar-refractivity contribution is -0.120. The number of rotatable bonds is 6. The fraction of sp³-hybridized carbons (Fsp3) is 0.550. The molecule has 3 rings (SSSR count). The first-order valence-corrected chi connectivity index (χ1v) is 9.87. The highest BCUT2D eigenvalue weighted by atomic mass is 19.1. The van der Waals surface area contributed by atoms with Crippen LogP contribution in [-0.2, 0) is 14.3 Å². The van der Waals surface area contributed by atoms with Gasteiger partial charge in [0.1, 0.15) is 17.6 Å². The van der Waals surface area contributed by atoms with E-state index in [0.29, 0.717) is 24.5 Å². The first-order chi connectivity index (χ1) is 14.2. The summed E-state index contributed by atoms with van der Waals surface area (Å²) in [6, 6.07) is 4.44. The van der Waals surface area contributed by atoms with Crippen LogP contribution in [0.2, 0.25) is 0 Å². The first kappa shape index (κ1) is 21.8. The predicted molar refractivity (Wildman–Crippen MR) is 107 cm³/mol. The Labute approximate surface area is 173 Å². The van der Waals surface area contributed by atoms with Gasteiger partial charge in [0.2, 0.25) is 11.8 Å². The van der Waals surface area contributed by atoms with Gasteiger partial charge in [-0.15, -0.1) is 0 Å². The van der Waals surface area contributed by atoms with Crippen molar-refractivity contribution >= 4 is 29.3 Å². The van der Waals surface area contributed by atoms with E-state index in [1.54, 1.807) is 17.0 Å². The highest BCUT2D eigenvalue weighted by Gasteiger charge is 2.36. The number of hydrogen-bond donors (Lipinski definition) is 2. The summed E-state index contributed by atoms with van der Waals surface area (Å²) in [6.07, 6.45) is -0.752. The summed E-state index contributed by atoms with van der Waals surface area (Å²) in [5.74, 6) is -1.02. The largest absolute Gasteiger partial charge is 0.442 e. The van der Waals surface area contributed by atoms with E-state index in [1.807, 2.05) is 0 Å². The molecule has 2 fully saturated rings. The Morgan fingerprint density at radius 3 is 2.47 bits per heavy atom. The number of halogens is 2. The first-order valence-electron chi connectivity index (χ1n) is 9.87. The zero-order chi connectivity index (χ0) is 21.9. The molecule has 30 heavy (non-hydrogen) atoms. The van der Waals surface area contributed by atoms with Gasteiger partial charge in [-0.3, -0.25) is 14.5 Å². The minimum atomic E-state index is -1.50. The summed E-state index contributed by atoms with van der Waals surface area (Å²) in [7, 11) is 0. The number of nitrogens with one attached hydrogen (secondary N) is 2. The standard InChI is InChI=1S/C20H26F2N4O4/c1-13(27)23-10-16-11-26(19(29)30-16)15-3-4-18(17(21)9-15)25-7-5-20(22,6-8-25)12-24-14(2)28/h3-4,9,16H,5-8,10-12H2,1-2H3,(H,23,27)(H,24,28). The number of benzene rings is 1. The zero-order valence-electron chi connectivity index (χ0n) is 17.0. The molecule has 2 saturated heterocycles. The van der Waals surface area contributed by atoms with Crippen LogP contribution in [0.4, 0.5) is 25.0 Å². The molecule has 2 aliphatic heterocycles. The molecule has 0 bridgehead atoms. The maximum atomic E-state index is 14.8. The minimum Gasteiger partial charge on any atom is -0.442 e. The Morgan fingerprint density at radius 1 is 1.20 bits per heavy atom. The Balaban J connectivity index is 1.61. The van der Waals surface area contributed by atoms with Gasteiger partial charge in [-0.25, -0.2) is 13.6 Å². The molecule has 0 saturated carbocycles. The Hall–Kier alpha value is -2.91. The Kier molecular flexibility index (Phi) is 6.42. The fourth-order valence-electron chi connectivity index (χ4n) is 3.62. The number of piperidine rings is 1. The Morgan fingerprint density at radius 2 is 1.87 bits per heavy atom. The van der Waals surface area contributed by atoms with Crippen molar-refractivity contribution in [3.05, 3.63) is 24.0 Å². The summed E-state index contributed by atoms with van der Waals surface area (Å²) in [5, 5.41) is 5.09. The number of carbonyl (C=O) groups excluding carboxylic acids is 3. The number of hydrogen-bond acceptors (Lipinski definition) is 5. The van der Waals surface area contributed by atoms with Crippen LogP contribution < -0.4 is 20.4 Å². The normalized spacial score (nSPS) is 20.7. The topological polar surface area (TPSA) is 91.0 Å². The van der Waals surface area contributed by atoms with E-state index in [4.69, 9.17) is 4.74 Å². The molecular formula is C20H26F2N4O4. The van der Waals surface area contributed by atoms with Crippen LogP contribution in [0.1, 0.15) is 26.7 Å². The summed E-state index contributed by atoms with van der Waals surface area (Å²) < 4.78 is 34.7. The second kappa shape index (κ2) is 8.85. The minimum absolute atomic E-state index is 0.0473. The lowest BCUT2D eigenvalue weighted by Crippen LogP contribution is -2.48. The molecule has 1 unspecified atom stereocenters. The van der Waals surface area contributed by atoms with Crippen LogP contribution in [0.25, 0.3) is 0 Å². The molecule has 1 atom stereocenters. The van der Waals surface area contributed by atoms with Crippen molar-refractivity contribution in [2.45, 2.75) is 38.5 Å². The highest BCUT2D eigenvalue weighted by Crippen LogP contribution is 2.32. The SMILES string of the molecule is CC(=O)NCC1CN(c2ccc(N3CCC(F)(CNC(C)=O)CC3)c(F)c2)C(=O)O1. The molecule has 1 aromatic carbocycles. The Bertz CT molecular complexity index is 827. The van der Waals surface area contributed by atoms with E-state index < -0.39 is 23.7 Å². The van der Waals surface area contributed by atoms with Gasteiger partial charge in [0.05, 0.1) is 31.0 Å². The van der Waals surface area contributed by atoms with Crippen LogP contribution in [-0.4, -0.2) is 62.4 Å². The van der Waals surface area contributed by atoms with E-state index in [0.717, 1.165) is 0 Å². The molecule has 0 aliphatic carbocycles. The maximum absolute atomic E-state index is 14.8. The van der Waals surface area contributed by atoms with Crippen molar-refractivity contribution in [3.63, 3.8) is 0 Å². The molecule has 2 aliphatic rings. The van der Waals surface area contributed by atoms with Gasteiger partial charge in [-0.05, 0) is 18.2 Å². The smallest absolute Gasteiger partial charge is 0.414 e. The molecule has 3 amide bonds. The quantitative estimate of drug-likeness (QED) is 0.726. The second-order valence-electron chi connectivity index (χ2n) is 7.74. The van der Waals surface area contributed by atoms with Crippen LogP contribution in [0, 0.1) is 5.82 Å². The van der Waals surface area contributed by atoms with Gasteiger partial charge in [0.25, 0.3) is 0 Å². The van der Waals surface area contributed by atoms with Gasteiger partial charge in [0, 0.05) is 39.8 Å². The van der Waals surface area contributed by atoms with Gasteiger partial charge >= 0.3 is 6.09 Å². The lowest BCUT2D eigenvalue weighted by Gasteiger charge is -2.37. The van der Waals surface area contributed by atoms with Crippen molar-refractivity contribution in [3.8, 4) is 0 Å². The number of amides is 3. The van der Waals surface area contributed by atoms with E-state index in [1.165, 1.54) is 24.8 Å². The molecular weight excluding hydrogens is 398 g/mol. The summed E-state index contributed by atoms with van der Waals surface area (Å²) >= 11 is 0. The van der Waals surface area contributed by atoms with E-state index in [-0.39, 0.29) is 44.3 Å². The lowest BCUT2D eigenvalue weighted by atomic mass is 9.93. The molecule has 8 nitrogen and oxygen atoms in total. The summed E-state index contributed by atoms with van der Waals surface area (Å²) in [6.45, 7) is 3.69. The third kappa shape index (κ3) is 5.17. The molecule has 0 radical (unpaired) electrons. The second-order valence-corrected chi connectivity index (χ2v) is 7.74. The van der Waals surface area contributed by atoms with Crippen molar-refractivity contribution in [2.75, 3.05) is 42.5 Å². The fourth-order valence-corrected chi connectivity index (χ4v) is 3.62. The van der Waals surface area contributed by atoms with Gasteiger partial charge < -0.3 is 20.3 Å². The zero-order valence-corrected chi connectivity index (χ0v) is 17.0. The number of alkyl halides is 1. The molecule has 0 aromatic heterocycles. The number of ether oxygens (including phenoxy) is 1. The maximum Gasteiger partial charge on any atom is 0.414 e. The van der Waals surface area contributed by atoms with Crippen molar-refractivity contribution in [1.82, 2.24) is 10.6 Å². The molecule has 10 heteroatoms. The van der Waals surface area contributed by atoms with Crippen LogP contribution in [0.15, 0.2) is 18.2 Å². The number of carbonyl (C=O) groups is 3.